The zero-order valence-corrected chi connectivity index (χ0v) is 7.84. The monoisotopic (exact) mass is 184 g/mol. The molecule has 0 atom stereocenters. The van der Waals surface area contributed by atoms with E-state index >= 15 is 0 Å². The summed E-state index contributed by atoms with van der Waals surface area (Å²) in [6.45, 7) is 4.50. The highest BCUT2D eigenvalue weighted by molar-refractivity contribution is 5.32. The van der Waals surface area contributed by atoms with Gasteiger partial charge in [-0.25, -0.2) is 4.39 Å². The minimum absolute atomic E-state index is 0.167. The van der Waals surface area contributed by atoms with E-state index in [2.05, 4.69) is 0 Å². The number of benzene rings is 1. The molecule has 3 heteroatoms. The smallest absolute Gasteiger partial charge is 0.189 e. The summed E-state index contributed by atoms with van der Waals surface area (Å²) >= 11 is 0. The standard InChI is InChI=1S/C10H13FO2/c1-3-12-7-13-10-6-9(11)5-4-8(10)2/h4-6H,3,7H2,1-2H3. The largest absolute Gasteiger partial charge is 0.467 e. The van der Waals surface area contributed by atoms with E-state index in [9.17, 15) is 4.39 Å². The lowest BCUT2D eigenvalue weighted by atomic mass is 10.2. The Labute approximate surface area is 77.3 Å². The Kier molecular flexibility index (Phi) is 3.71. The highest BCUT2D eigenvalue weighted by Crippen LogP contribution is 2.18. The van der Waals surface area contributed by atoms with Crippen LogP contribution in [0.2, 0.25) is 0 Å². The Morgan fingerprint density at radius 3 is 2.85 bits per heavy atom. The van der Waals surface area contributed by atoms with Gasteiger partial charge in [-0.1, -0.05) is 6.07 Å². The molecule has 2 nitrogen and oxygen atoms in total. The molecule has 1 rings (SSSR count). The van der Waals surface area contributed by atoms with Gasteiger partial charge >= 0.3 is 0 Å². The predicted octanol–water partition coefficient (Wildman–Crippen LogP) is 2.51. The fraction of sp³-hybridized carbons (Fsp3) is 0.400. The van der Waals surface area contributed by atoms with Crippen LogP contribution in [0.25, 0.3) is 0 Å². The SMILES string of the molecule is CCOCOc1cc(F)ccc1C. The summed E-state index contributed by atoms with van der Waals surface area (Å²) in [6.07, 6.45) is 0. The molecule has 0 unspecified atom stereocenters. The molecule has 72 valence electrons. The summed E-state index contributed by atoms with van der Waals surface area (Å²) in [5.41, 5.74) is 0.904. The van der Waals surface area contributed by atoms with Gasteiger partial charge in [-0.2, -0.15) is 0 Å². The number of hydrogen-bond acceptors (Lipinski definition) is 2. The summed E-state index contributed by atoms with van der Waals surface area (Å²) in [4.78, 5) is 0. The number of aryl methyl sites for hydroxylation is 1. The average molecular weight is 184 g/mol. The van der Waals surface area contributed by atoms with E-state index in [0.717, 1.165) is 5.56 Å². The van der Waals surface area contributed by atoms with E-state index in [1.54, 1.807) is 6.07 Å². The molecule has 1 aromatic carbocycles. The van der Waals surface area contributed by atoms with Crippen molar-refractivity contribution in [3.63, 3.8) is 0 Å². The van der Waals surface area contributed by atoms with Crippen LogP contribution in [-0.2, 0) is 4.74 Å². The van der Waals surface area contributed by atoms with Gasteiger partial charge in [-0.05, 0) is 25.5 Å². The van der Waals surface area contributed by atoms with Crippen LogP contribution in [0.1, 0.15) is 12.5 Å². The van der Waals surface area contributed by atoms with Crippen molar-refractivity contribution in [2.45, 2.75) is 13.8 Å². The first-order chi connectivity index (χ1) is 6.24. The molecule has 0 heterocycles. The van der Waals surface area contributed by atoms with Crippen molar-refractivity contribution in [3.8, 4) is 5.75 Å². The van der Waals surface area contributed by atoms with Crippen LogP contribution < -0.4 is 4.74 Å². The summed E-state index contributed by atoms with van der Waals surface area (Å²) < 4.78 is 22.9. The highest BCUT2D eigenvalue weighted by Gasteiger charge is 2.00. The Balaban J connectivity index is 2.59. The third kappa shape index (κ3) is 3.03. The van der Waals surface area contributed by atoms with Crippen LogP contribution in [0.5, 0.6) is 5.75 Å². The molecular formula is C10H13FO2. The Hall–Kier alpha value is -1.09. The first-order valence-corrected chi connectivity index (χ1v) is 4.20. The number of hydrogen-bond donors (Lipinski definition) is 0. The van der Waals surface area contributed by atoms with E-state index in [4.69, 9.17) is 9.47 Å². The van der Waals surface area contributed by atoms with Gasteiger partial charge in [-0.3, -0.25) is 0 Å². The van der Waals surface area contributed by atoms with Crippen LogP contribution in [0.15, 0.2) is 18.2 Å². The van der Waals surface area contributed by atoms with Crippen molar-refractivity contribution in [2.24, 2.45) is 0 Å². The van der Waals surface area contributed by atoms with Crippen LogP contribution >= 0.6 is 0 Å². The summed E-state index contributed by atoms with van der Waals surface area (Å²) in [5.74, 6) is 0.241. The Morgan fingerprint density at radius 1 is 1.38 bits per heavy atom. The van der Waals surface area contributed by atoms with Crippen molar-refractivity contribution in [1.29, 1.82) is 0 Å². The van der Waals surface area contributed by atoms with Crippen molar-refractivity contribution in [1.82, 2.24) is 0 Å². The number of halogens is 1. The molecule has 0 spiro atoms. The van der Waals surface area contributed by atoms with Gasteiger partial charge in [0.2, 0.25) is 0 Å². The maximum atomic E-state index is 12.7. The van der Waals surface area contributed by atoms with Crippen molar-refractivity contribution < 1.29 is 13.9 Å². The van der Waals surface area contributed by atoms with Crippen LogP contribution in [0.4, 0.5) is 4.39 Å². The van der Waals surface area contributed by atoms with Crippen LogP contribution in [-0.4, -0.2) is 13.4 Å². The van der Waals surface area contributed by atoms with Crippen molar-refractivity contribution in [3.05, 3.63) is 29.6 Å². The normalized spacial score (nSPS) is 10.1. The molecule has 0 amide bonds. The lowest BCUT2D eigenvalue weighted by Gasteiger charge is -2.08. The predicted molar refractivity (Wildman–Crippen MR) is 48.3 cm³/mol. The van der Waals surface area contributed by atoms with Gasteiger partial charge in [0.15, 0.2) is 6.79 Å². The molecule has 0 saturated heterocycles. The highest BCUT2D eigenvalue weighted by atomic mass is 19.1. The molecule has 0 bridgehead atoms. The average Bonchev–Trinajstić information content (AvgIpc) is 2.11. The van der Waals surface area contributed by atoms with Gasteiger partial charge in [0.05, 0.1) is 0 Å². The van der Waals surface area contributed by atoms with Crippen molar-refractivity contribution in [2.75, 3.05) is 13.4 Å². The molecule has 0 saturated carbocycles. The van der Waals surface area contributed by atoms with Gasteiger partial charge in [-0.15, -0.1) is 0 Å². The second kappa shape index (κ2) is 4.82. The topological polar surface area (TPSA) is 18.5 Å². The molecular weight excluding hydrogens is 171 g/mol. The molecule has 0 aliphatic carbocycles. The number of ether oxygens (including phenoxy) is 2. The molecule has 0 aliphatic heterocycles. The van der Waals surface area contributed by atoms with Crippen LogP contribution in [0, 0.1) is 12.7 Å². The minimum atomic E-state index is -0.294. The lowest BCUT2D eigenvalue weighted by molar-refractivity contribution is 0.0218. The molecule has 13 heavy (non-hydrogen) atoms. The zero-order valence-electron chi connectivity index (χ0n) is 7.84. The summed E-state index contributed by atoms with van der Waals surface area (Å²) in [7, 11) is 0. The van der Waals surface area contributed by atoms with E-state index in [-0.39, 0.29) is 12.6 Å². The molecule has 0 N–H and O–H groups in total. The van der Waals surface area contributed by atoms with Crippen molar-refractivity contribution >= 4 is 0 Å². The summed E-state index contributed by atoms with van der Waals surface area (Å²) in [5, 5.41) is 0. The summed E-state index contributed by atoms with van der Waals surface area (Å²) in [6, 6.07) is 4.44. The van der Waals surface area contributed by atoms with Gasteiger partial charge in [0, 0.05) is 12.7 Å². The van der Waals surface area contributed by atoms with Gasteiger partial charge in [0.25, 0.3) is 0 Å². The van der Waals surface area contributed by atoms with Gasteiger partial charge in [0.1, 0.15) is 11.6 Å². The first-order valence-electron chi connectivity index (χ1n) is 4.20. The molecule has 0 aliphatic rings. The maximum Gasteiger partial charge on any atom is 0.189 e. The lowest BCUT2D eigenvalue weighted by Crippen LogP contribution is -2.03. The quantitative estimate of drug-likeness (QED) is 0.528. The molecule has 0 aromatic heterocycles. The molecule has 1 aromatic rings. The molecule has 0 radical (unpaired) electrons. The number of rotatable bonds is 4. The minimum Gasteiger partial charge on any atom is -0.467 e. The van der Waals surface area contributed by atoms with Crippen LogP contribution in [0.3, 0.4) is 0 Å². The van der Waals surface area contributed by atoms with E-state index in [0.29, 0.717) is 12.4 Å². The van der Waals surface area contributed by atoms with E-state index < -0.39 is 0 Å². The Bertz CT molecular complexity index is 274. The van der Waals surface area contributed by atoms with E-state index in [1.807, 2.05) is 13.8 Å². The third-order valence-electron chi connectivity index (χ3n) is 1.65. The van der Waals surface area contributed by atoms with Gasteiger partial charge < -0.3 is 9.47 Å². The molecule has 0 fully saturated rings. The second-order valence-electron chi connectivity index (χ2n) is 2.66. The van der Waals surface area contributed by atoms with E-state index in [1.165, 1.54) is 12.1 Å². The first kappa shape index (κ1) is 9.99. The Morgan fingerprint density at radius 2 is 2.15 bits per heavy atom. The second-order valence-corrected chi connectivity index (χ2v) is 2.66. The fourth-order valence-electron chi connectivity index (χ4n) is 0.918. The third-order valence-corrected chi connectivity index (χ3v) is 1.65. The fourth-order valence-corrected chi connectivity index (χ4v) is 0.918. The maximum absolute atomic E-state index is 12.7. The zero-order chi connectivity index (χ0) is 9.68.